The molecule has 0 aliphatic carbocycles. The summed E-state index contributed by atoms with van der Waals surface area (Å²) < 4.78 is 15.8. The average Bonchev–Trinajstić information content (AvgIpc) is 2.99. The Morgan fingerprint density at radius 1 is 0.673 bits per heavy atom. The molecular weight excluding hydrogens is 636 g/mol. The highest BCUT2D eigenvalue weighted by molar-refractivity contribution is 5.90. The predicted molar refractivity (Wildman–Crippen MR) is 179 cm³/mol. The van der Waals surface area contributed by atoms with Crippen molar-refractivity contribution in [1.29, 1.82) is 0 Å². The van der Waals surface area contributed by atoms with Crippen LogP contribution in [-0.2, 0) is 46.4 Å². The molecule has 0 bridgehead atoms. The van der Waals surface area contributed by atoms with Crippen molar-refractivity contribution in [3.05, 3.63) is 71.8 Å². The van der Waals surface area contributed by atoms with Crippen molar-refractivity contribution in [3.8, 4) is 0 Å². The lowest BCUT2D eigenvalue weighted by Gasteiger charge is -2.25. The fourth-order valence-electron chi connectivity index (χ4n) is 4.30. The number of carboxylic acid groups (broad SMARTS) is 1. The molecule has 0 fully saturated rings. The fourth-order valence-corrected chi connectivity index (χ4v) is 4.30. The molecule has 0 spiro atoms. The lowest BCUT2D eigenvalue weighted by atomic mass is 10.0. The van der Waals surface area contributed by atoms with E-state index < -0.39 is 71.7 Å². The van der Waals surface area contributed by atoms with E-state index in [1.54, 1.807) is 96.1 Å². The monoisotopic (exact) mass is 684 g/mol. The normalized spacial score (nSPS) is 13.1. The van der Waals surface area contributed by atoms with E-state index >= 15 is 0 Å². The van der Waals surface area contributed by atoms with Gasteiger partial charge in [0.05, 0.1) is 6.42 Å². The van der Waals surface area contributed by atoms with Crippen molar-refractivity contribution in [2.75, 3.05) is 6.54 Å². The zero-order chi connectivity index (χ0) is 36.6. The number of amides is 4. The van der Waals surface area contributed by atoms with E-state index in [-0.39, 0.29) is 32.4 Å². The number of aliphatic carboxylic acids is 1. The Balaban J connectivity index is 2.07. The molecule has 2 aromatic carbocycles. The number of esters is 1. The molecule has 5 N–H and O–H groups in total. The van der Waals surface area contributed by atoms with Crippen molar-refractivity contribution in [2.24, 2.45) is 0 Å². The fraction of sp³-hybridized carbons (Fsp3) is 0.486. The van der Waals surface area contributed by atoms with Crippen LogP contribution in [0.4, 0.5) is 9.59 Å². The maximum atomic E-state index is 13.3. The SMILES string of the molecule is CC(C)(C)OC(=O)N[C@@H](CC(=O)OCc1ccccc1)C(=O)NCCC[C@H](NC(=O)OC(C)(C)C)C(=O)N[C@H](Cc1ccccc1)C(=O)O. The first-order chi connectivity index (χ1) is 22.9. The lowest BCUT2D eigenvalue weighted by molar-refractivity contribution is -0.147. The molecule has 14 heteroatoms. The van der Waals surface area contributed by atoms with Crippen molar-refractivity contribution in [2.45, 2.75) is 103 Å². The van der Waals surface area contributed by atoms with E-state index in [1.165, 1.54) is 0 Å². The van der Waals surface area contributed by atoms with Gasteiger partial charge >= 0.3 is 24.1 Å². The number of benzene rings is 2. The van der Waals surface area contributed by atoms with E-state index in [0.29, 0.717) is 5.56 Å². The predicted octanol–water partition coefficient (Wildman–Crippen LogP) is 3.62. The van der Waals surface area contributed by atoms with E-state index in [0.717, 1.165) is 5.56 Å². The van der Waals surface area contributed by atoms with Crippen LogP contribution in [0.2, 0.25) is 0 Å². The molecule has 268 valence electrons. The largest absolute Gasteiger partial charge is 0.480 e. The minimum absolute atomic E-state index is 0.0109. The molecule has 0 aliphatic heterocycles. The van der Waals surface area contributed by atoms with Gasteiger partial charge in [-0.15, -0.1) is 0 Å². The number of nitrogens with one attached hydrogen (secondary N) is 4. The Hall–Kier alpha value is -5.14. The van der Waals surface area contributed by atoms with Crippen molar-refractivity contribution in [3.63, 3.8) is 0 Å². The summed E-state index contributed by atoms with van der Waals surface area (Å²) in [6.45, 7) is 9.83. The second-order valence-electron chi connectivity index (χ2n) is 13.3. The Labute approximate surface area is 286 Å². The van der Waals surface area contributed by atoms with Gasteiger partial charge < -0.3 is 40.6 Å². The number of ether oxygens (including phenoxy) is 3. The molecular formula is C35H48N4O10. The van der Waals surface area contributed by atoms with E-state index in [2.05, 4.69) is 21.3 Å². The van der Waals surface area contributed by atoms with E-state index in [9.17, 15) is 33.9 Å². The topological polar surface area (TPSA) is 198 Å². The van der Waals surface area contributed by atoms with Crippen LogP contribution in [0.25, 0.3) is 0 Å². The van der Waals surface area contributed by atoms with Gasteiger partial charge in [0.25, 0.3) is 0 Å². The van der Waals surface area contributed by atoms with Crippen LogP contribution in [0.3, 0.4) is 0 Å². The van der Waals surface area contributed by atoms with Gasteiger partial charge in [0, 0.05) is 13.0 Å². The second kappa shape index (κ2) is 19.0. The zero-order valence-electron chi connectivity index (χ0n) is 28.9. The molecule has 0 heterocycles. The molecule has 49 heavy (non-hydrogen) atoms. The van der Waals surface area contributed by atoms with Crippen LogP contribution in [0.15, 0.2) is 60.7 Å². The number of carbonyl (C=O) groups is 6. The van der Waals surface area contributed by atoms with Crippen molar-refractivity contribution in [1.82, 2.24) is 21.3 Å². The number of carbonyl (C=O) groups excluding carboxylic acids is 5. The molecule has 2 aromatic rings. The third-order valence-corrected chi connectivity index (χ3v) is 6.49. The molecule has 0 saturated heterocycles. The minimum atomic E-state index is -1.34. The summed E-state index contributed by atoms with van der Waals surface area (Å²) >= 11 is 0. The molecule has 0 radical (unpaired) electrons. The number of hydrogen-bond donors (Lipinski definition) is 5. The van der Waals surface area contributed by atoms with Crippen LogP contribution in [0, 0.1) is 0 Å². The Morgan fingerprint density at radius 3 is 1.69 bits per heavy atom. The molecule has 2 rings (SSSR count). The van der Waals surface area contributed by atoms with Crippen LogP contribution in [-0.4, -0.2) is 76.9 Å². The third kappa shape index (κ3) is 17.0. The first-order valence-electron chi connectivity index (χ1n) is 16.0. The van der Waals surface area contributed by atoms with E-state index in [1.807, 2.05) is 6.07 Å². The number of alkyl carbamates (subject to hydrolysis) is 2. The van der Waals surface area contributed by atoms with Crippen LogP contribution in [0.1, 0.15) is 71.9 Å². The minimum Gasteiger partial charge on any atom is -0.480 e. The van der Waals surface area contributed by atoms with Gasteiger partial charge in [-0.1, -0.05) is 60.7 Å². The Morgan fingerprint density at radius 2 is 1.18 bits per heavy atom. The third-order valence-electron chi connectivity index (χ3n) is 6.49. The van der Waals surface area contributed by atoms with Gasteiger partial charge in [-0.3, -0.25) is 14.4 Å². The van der Waals surface area contributed by atoms with Gasteiger partial charge in [-0.25, -0.2) is 14.4 Å². The molecule has 0 aromatic heterocycles. The molecule has 0 unspecified atom stereocenters. The number of carboxylic acids is 1. The van der Waals surface area contributed by atoms with Gasteiger partial charge in [0.1, 0.15) is 35.9 Å². The maximum absolute atomic E-state index is 13.3. The smallest absolute Gasteiger partial charge is 0.408 e. The summed E-state index contributed by atoms with van der Waals surface area (Å²) in [6.07, 6.45) is -2.16. The first-order valence-corrected chi connectivity index (χ1v) is 16.0. The lowest BCUT2D eigenvalue weighted by Crippen LogP contribution is -2.53. The maximum Gasteiger partial charge on any atom is 0.408 e. The molecule has 3 atom stereocenters. The van der Waals surface area contributed by atoms with Gasteiger partial charge in [0.2, 0.25) is 11.8 Å². The average molecular weight is 685 g/mol. The zero-order valence-corrected chi connectivity index (χ0v) is 28.9. The summed E-state index contributed by atoms with van der Waals surface area (Å²) in [4.78, 5) is 76.0. The van der Waals surface area contributed by atoms with Crippen molar-refractivity contribution >= 4 is 35.9 Å². The Bertz CT molecular complexity index is 1400. The summed E-state index contributed by atoms with van der Waals surface area (Å²) in [5.74, 6) is -3.46. The van der Waals surface area contributed by atoms with Crippen LogP contribution < -0.4 is 21.3 Å². The van der Waals surface area contributed by atoms with Gasteiger partial charge in [0.15, 0.2) is 0 Å². The molecule has 0 aliphatic rings. The highest BCUT2D eigenvalue weighted by Gasteiger charge is 2.30. The van der Waals surface area contributed by atoms with Gasteiger partial charge in [-0.2, -0.15) is 0 Å². The molecule has 4 amide bonds. The summed E-state index contributed by atoms with van der Waals surface area (Å²) in [7, 11) is 0. The first kappa shape index (κ1) is 40.0. The van der Waals surface area contributed by atoms with Crippen molar-refractivity contribution < 1.29 is 48.1 Å². The quantitative estimate of drug-likeness (QED) is 0.0989. The summed E-state index contributed by atoms with van der Waals surface area (Å²) in [5, 5.41) is 19.7. The van der Waals surface area contributed by atoms with Crippen LogP contribution in [0.5, 0.6) is 0 Å². The van der Waals surface area contributed by atoms with Crippen LogP contribution >= 0.6 is 0 Å². The second-order valence-corrected chi connectivity index (χ2v) is 13.3. The highest BCUT2D eigenvalue weighted by Crippen LogP contribution is 2.11. The number of rotatable bonds is 16. The molecule has 14 nitrogen and oxygen atoms in total. The molecule has 0 saturated carbocycles. The summed E-state index contributed by atoms with van der Waals surface area (Å²) in [5.41, 5.74) is -0.302. The standard InChI is InChI=1S/C35H48N4O10/c1-34(2,3)48-32(45)38-25(30(42)37-27(31(43)44)20-23-14-9-7-10-15-23)18-13-19-36-29(41)26(39-33(46)49-35(4,5)6)21-28(40)47-22-24-16-11-8-12-17-24/h7-12,14-17,25-27H,13,18-22H2,1-6H3,(H,36,41)(H,37,42)(H,38,45)(H,39,46)(H,43,44)/t25-,26-,27+/m0/s1. The number of hydrogen-bond acceptors (Lipinski definition) is 9. The van der Waals surface area contributed by atoms with E-state index in [4.69, 9.17) is 14.2 Å². The summed E-state index contributed by atoms with van der Waals surface area (Å²) in [6, 6.07) is 13.8. The Kier molecular flexibility index (Phi) is 15.5. The van der Waals surface area contributed by atoms with Gasteiger partial charge in [-0.05, 0) is 65.5 Å². The highest BCUT2D eigenvalue weighted by atomic mass is 16.6.